The first-order valence-corrected chi connectivity index (χ1v) is 5.20. The van der Waals surface area contributed by atoms with Gasteiger partial charge in [0.1, 0.15) is 0 Å². The monoisotopic (exact) mass is 172 g/mol. The highest BCUT2D eigenvalue weighted by atomic mass is 15.1. The summed E-state index contributed by atoms with van der Waals surface area (Å²) in [6.45, 7) is 9.16. The highest BCUT2D eigenvalue weighted by Gasteiger charge is 1.94. The molecule has 0 rings (SSSR count). The van der Waals surface area contributed by atoms with Gasteiger partial charge in [-0.1, -0.05) is 20.3 Å². The number of nitrogens with zero attached hydrogens (tertiary/aromatic N) is 1. The standard InChI is InChI=1S/C10H24N2/c1-4-6-7-11-8-10-12(3)9-5-2/h11H,4-10H2,1-3H3. The molecule has 1 N–H and O–H groups in total. The molecule has 0 radical (unpaired) electrons. The zero-order valence-corrected chi connectivity index (χ0v) is 8.90. The Hall–Kier alpha value is -0.0800. The maximum atomic E-state index is 3.43. The maximum absolute atomic E-state index is 3.43. The fourth-order valence-electron chi connectivity index (χ4n) is 1.19. The number of hydrogen-bond acceptors (Lipinski definition) is 2. The minimum Gasteiger partial charge on any atom is -0.315 e. The molecule has 0 heterocycles. The Bertz CT molecular complexity index is 83.9. The molecule has 0 aliphatic rings. The highest BCUT2D eigenvalue weighted by molar-refractivity contribution is 4.53. The SMILES string of the molecule is CCCCNCCN(C)CCC. The van der Waals surface area contributed by atoms with E-state index in [9.17, 15) is 0 Å². The molecule has 0 aromatic carbocycles. The van der Waals surface area contributed by atoms with E-state index in [2.05, 4.69) is 31.1 Å². The largest absolute Gasteiger partial charge is 0.315 e. The van der Waals surface area contributed by atoms with E-state index in [0.29, 0.717) is 0 Å². The topological polar surface area (TPSA) is 15.3 Å². The Morgan fingerprint density at radius 3 is 2.33 bits per heavy atom. The molecule has 0 spiro atoms. The van der Waals surface area contributed by atoms with Gasteiger partial charge in [-0.25, -0.2) is 0 Å². The van der Waals surface area contributed by atoms with Gasteiger partial charge in [-0.05, 0) is 33.0 Å². The molecule has 0 aromatic heterocycles. The second kappa shape index (κ2) is 9.01. The van der Waals surface area contributed by atoms with Crippen LogP contribution >= 0.6 is 0 Å². The van der Waals surface area contributed by atoms with Crippen LogP contribution in [0, 0.1) is 0 Å². The maximum Gasteiger partial charge on any atom is 0.0104 e. The van der Waals surface area contributed by atoms with E-state index in [-0.39, 0.29) is 0 Å². The molecule has 0 unspecified atom stereocenters. The van der Waals surface area contributed by atoms with Gasteiger partial charge in [0.05, 0.1) is 0 Å². The third-order valence-electron chi connectivity index (χ3n) is 1.98. The molecule has 0 bridgehead atoms. The summed E-state index contributed by atoms with van der Waals surface area (Å²) in [6.07, 6.45) is 3.85. The molecule has 74 valence electrons. The van der Waals surface area contributed by atoms with E-state index in [1.165, 1.54) is 38.9 Å². The molecule has 0 atom stereocenters. The third-order valence-corrected chi connectivity index (χ3v) is 1.98. The van der Waals surface area contributed by atoms with E-state index < -0.39 is 0 Å². The van der Waals surface area contributed by atoms with Crippen LogP contribution in [0.25, 0.3) is 0 Å². The van der Waals surface area contributed by atoms with Gasteiger partial charge < -0.3 is 10.2 Å². The Labute approximate surface area is 77.3 Å². The zero-order chi connectivity index (χ0) is 9.23. The van der Waals surface area contributed by atoms with Crippen molar-refractivity contribution in [2.24, 2.45) is 0 Å². The summed E-state index contributed by atoms with van der Waals surface area (Å²) in [5, 5.41) is 3.43. The van der Waals surface area contributed by atoms with Crippen LogP contribution in [-0.4, -0.2) is 38.1 Å². The Kier molecular flexibility index (Phi) is 8.95. The number of rotatable bonds is 8. The first-order valence-electron chi connectivity index (χ1n) is 5.20. The van der Waals surface area contributed by atoms with Crippen molar-refractivity contribution in [2.75, 3.05) is 33.2 Å². The van der Waals surface area contributed by atoms with Gasteiger partial charge in [0.2, 0.25) is 0 Å². The van der Waals surface area contributed by atoms with Crippen molar-refractivity contribution in [3.8, 4) is 0 Å². The second-order valence-electron chi connectivity index (χ2n) is 3.41. The third kappa shape index (κ3) is 8.02. The summed E-state index contributed by atoms with van der Waals surface area (Å²) in [5.41, 5.74) is 0. The van der Waals surface area contributed by atoms with Crippen LogP contribution < -0.4 is 5.32 Å². The van der Waals surface area contributed by atoms with Gasteiger partial charge in [0, 0.05) is 13.1 Å². The predicted octanol–water partition coefficient (Wildman–Crippen LogP) is 1.72. The van der Waals surface area contributed by atoms with Crippen LogP contribution in [0.1, 0.15) is 33.1 Å². The zero-order valence-electron chi connectivity index (χ0n) is 8.90. The molecular formula is C10H24N2. The molecule has 0 aromatic rings. The van der Waals surface area contributed by atoms with Gasteiger partial charge in [-0.2, -0.15) is 0 Å². The number of unbranched alkanes of at least 4 members (excludes halogenated alkanes) is 1. The van der Waals surface area contributed by atoms with E-state index in [1.807, 2.05) is 0 Å². The van der Waals surface area contributed by atoms with E-state index in [4.69, 9.17) is 0 Å². The highest BCUT2D eigenvalue weighted by Crippen LogP contribution is 1.85. The van der Waals surface area contributed by atoms with Gasteiger partial charge >= 0.3 is 0 Å². The lowest BCUT2D eigenvalue weighted by atomic mass is 10.3. The Morgan fingerprint density at radius 2 is 1.75 bits per heavy atom. The molecule has 0 saturated carbocycles. The van der Waals surface area contributed by atoms with Crippen molar-refractivity contribution in [1.29, 1.82) is 0 Å². The fraction of sp³-hybridized carbons (Fsp3) is 1.00. The summed E-state index contributed by atoms with van der Waals surface area (Å²) in [5.74, 6) is 0. The normalized spacial score (nSPS) is 11.0. The first-order chi connectivity index (χ1) is 5.81. The van der Waals surface area contributed by atoms with Crippen molar-refractivity contribution in [3.05, 3.63) is 0 Å². The van der Waals surface area contributed by atoms with Gasteiger partial charge in [0.15, 0.2) is 0 Å². The fourth-order valence-corrected chi connectivity index (χ4v) is 1.19. The lowest BCUT2D eigenvalue weighted by Crippen LogP contribution is -2.30. The first kappa shape index (κ1) is 11.9. The average molecular weight is 172 g/mol. The predicted molar refractivity (Wildman–Crippen MR) is 55.6 cm³/mol. The summed E-state index contributed by atoms with van der Waals surface area (Å²) >= 11 is 0. The average Bonchev–Trinajstić information content (AvgIpc) is 2.05. The number of likely N-dealkylation sites (N-methyl/N-ethyl adjacent to an activating group) is 1. The van der Waals surface area contributed by atoms with Crippen molar-refractivity contribution >= 4 is 0 Å². The van der Waals surface area contributed by atoms with Crippen LogP contribution in [0.3, 0.4) is 0 Å². The van der Waals surface area contributed by atoms with Gasteiger partial charge in [-0.15, -0.1) is 0 Å². The van der Waals surface area contributed by atoms with Crippen LogP contribution in [-0.2, 0) is 0 Å². The van der Waals surface area contributed by atoms with Crippen LogP contribution in [0.15, 0.2) is 0 Å². The molecule has 0 aliphatic carbocycles. The summed E-state index contributed by atoms with van der Waals surface area (Å²) in [4.78, 5) is 2.37. The number of nitrogens with one attached hydrogen (secondary N) is 1. The van der Waals surface area contributed by atoms with Crippen molar-refractivity contribution < 1.29 is 0 Å². The minimum atomic E-state index is 1.14. The smallest absolute Gasteiger partial charge is 0.0104 e. The summed E-state index contributed by atoms with van der Waals surface area (Å²) in [7, 11) is 2.19. The van der Waals surface area contributed by atoms with E-state index in [0.717, 1.165) is 6.54 Å². The Morgan fingerprint density at radius 1 is 1.00 bits per heavy atom. The second-order valence-corrected chi connectivity index (χ2v) is 3.41. The number of hydrogen-bond donors (Lipinski definition) is 1. The van der Waals surface area contributed by atoms with Crippen molar-refractivity contribution in [2.45, 2.75) is 33.1 Å². The summed E-state index contributed by atoms with van der Waals surface area (Å²) in [6, 6.07) is 0. The summed E-state index contributed by atoms with van der Waals surface area (Å²) < 4.78 is 0. The van der Waals surface area contributed by atoms with E-state index in [1.54, 1.807) is 0 Å². The van der Waals surface area contributed by atoms with Gasteiger partial charge in [-0.3, -0.25) is 0 Å². The van der Waals surface area contributed by atoms with Crippen molar-refractivity contribution in [1.82, 2.24) is 10.2 Å². The van der Waals surface area contributed by atoms with Crippen LogP contribution in [0.5, 0.6) is 0 Å². The van der Waals surface area contributed by atoms with Crippen LogP contribution in [0.2, 0.25) is 0 Å². The lowest BCUT2D eigenvalue weighted by Gasteiger charge is -2.15. The minimum absolute atomic E-state index is 1.14. The molecular weight excluding hydrogens is 148 g/mol. The molecule has 0 amide bonds. The van der Waals surface area contributed by atoms with Crippen molar-refractivity contribution in [3.63, 3.8) is 0 Å². The molecule has 0 fully saturated rings. The van der Waals surface area contributed by atoms with Gasteiger partial charge in [0.25, 0.3) is 0 Å². The lowest BCUT2D eigenvalue weighted by molar-refractivity contribution is 0.332. The molecule has 2 nitrogen and oxygen atoms in total. The molecule has 12 heavy (non-hydrogen) atoms. The van der Waals surface area contributed by atoms with E-state index >= 15 is 0 Å². The molecule has 0 saturated heterocycles. The quantitative estimate of drug-likeness (QED) is 0.561. The Balaban J connectivity index is 2.97. The van der Waals surface area contributed by atoms with Crippen LogP contribution in [0.4, 0.5) is 0 Å². The molecule has 2 heteroatoms. The molecule has 0 aliphatic heterocycles.